The number of benzene rings is 1. The summed E-state index contributed by atoms with van der Waals surface area (Å²) >= 11 is 1.57. The zero-order valence-electron chi connectivity index (χ0n) is 15.6. The van der Waals surface area contributed by atoms with E-state index in [0.29, 0.717) is 31.7 Å². The number of nitrogens with one attached hydrogen (secondary N) is 2. The first kappa shape index (κ1) is 21.5. The molecular weight excluding hydrogens is 384 g/mol. The summed E-state index contributed by atoms with van der Waals surface area (Å²) in [6.07, 6.45) is 6.80. The molecule has 1 heterocycles. The third-order valence-corrected chi connectivity index (χ3v) is 6.04. The smallest absolute Gasteiger partial charge is 0.241 e. The molecule has 1 atom stereocenters. The van der Waals surface area contributed by atoms with Gasteiger partial charge in [-0.1, -0.05) is 18.2 Å². The van der Waals surface area contributed by atoms with Crippen molar-refractivity contribution in [1.82, 2.24) is 19.8 Å². The summed E-state index contributed by atoms with van der Waals surface area (Å²) in [7, 11) is -3.74. The summed E-state index contributed by atoms with van der Waals surface area (Å²) < 4.78 is 29.4. The summed E-state index contributed by atoms with van der Waals surface area (Å²) in [4.78, 5) is 12.7. The van der Waals surface area contributed by atoms with Gasteiger partial charge in [0, 0.05) is 19.3 Å². The Balaban J connectivity index is 1.90. The van der Waals surface area contributed by atoms with Crippen molar-refractivity contribution in [3.63, 3.8) is 0 Å². The predicted molar refractivity (Wildman–Crippen MR) is 108 cm³/mol. The maximum absolute atomic E-state index is 12.5. The highest BCUT2D eigenvalue weighted by atomic mass is 32.2. The average molecular weight is 411 g/mol. The normalized spacial score (nSPS) is 12.7. The summed E-state index contributed by atoms with van der Waals surface area (Å²) in [6, 6.07) is 7.29. The van der Waals surface area contributed by atoms with Gasteiger partial charge in [0.1, 0.15) is 6.04 Å². The van der Waals surface area contributed by atoms with Crippen molar-refractivity contribution in [2.75, 3.05) is 18.6 Å². The van der Waals surface area contributed by atoms with Gasteiger partial charge < -0.3 is 5.32 Å². The molecule has 2 rings (SSSR count). The molecule has 0 aliphatic heterocycles. The van der Waals surface area contributed by atoms with Gasteiger partial charge in [-0.25, -0.2) is 8.42 Å². The molecule has 0 aliphatic carbocycles. The Morgan fingerprint density at radius 2 is 2.04 bits per heavy atom. The van der Waals surface area contributed by atoms with Gasteiger partial charge in [-0.05, 0) is 49.5 Å². The first-order valence-electron chi connectivity index (χ1n) is 8.75. The summed E-state index contributed by atoms with van der Waals surface area (Å²) in [5.41, 5.74) is 1.09. The second-order valence-electron chi connectivity index (χ2n) is 6.19. The van der Waals surface area contributed by atoms with Gasteiger partial charge in [-0.3, -0.25) is 9.48 Å². The van der Waals surface area contributed by atoms with Crippen LogP contribution in [0.3, 0.4) is 0 Å². The molecule has 0 spiro atoms. The Hall–Kier alpha value is -1.84. The lowest BCUT2D eigenvalue weighted by molar-refractivity contribution is -0.122. The predicted octanol–water partition coefficient (Wildman–Crippen LogP) is 1.80. The SMILES string of the molecule is CSCCC(NS(=O)(=O)c1ccccc1)C(=O)NCCCn1cc(C)cn1. The third kappa shape index (κ3) is 7.00. The second-order valence-corrected chi connectivity index (χ2v) is 8.89. The molecule has 0 saturated carbocycles. The van der Waals surface area contributed by atoms with Crippen LogP contribution in [0.25, 0.3) is 0 Å². The van der Waals surface area contributed by atoms with Crippen LogP contribution in [0.5, 0.6) is 0 Å². The van der Waals surface area contributed by atoms with Gasteiger partial charge in [0.05, 0.1) is 11.1 Å². The molecule has 9 heteroatoms. The van der Waals surface area contributed by atoms with E-state index in [2.05, 4.69) is 15.1 Å². The van der Waals surface area contributed by atoms with Crippen LogP contribution in [0.15, 0.2) is 47.6 Å². The number of nitrogens with zero attached hydrogens (tertiary/aromatic N) is 2. The van der Waals surface area contributed by atoms with Crippen LogP contribution in [-0.4, -0.2) is 48.7 Å². The van der Waals surface area contributed by atoms with Gasteiger partial charge in [-0.15, -0.1) is 0 Å². The minimum atomic E-state index is -3.74. The minimum absolute atomic E-state index is 0.154. The molecule has 0 bridgehead atoms. The second kappa shape index (κ2) is 10.5. The van der Waals surface area contributed by atoms with E-state index in [-0.39, 0.29) is 10.8 Å². The number of rotatable bonds is 11. The van der Waals surface area contributed by atoms with Crippen LogP contribution in [-0.2, 0) is 21.4 Å². The van der Waals surface area contributed by atoms with Crippen molar-refractivity contribution in [3.05, 3.63) is 48.3 Å². The van der Waals surface area contributed by atoms with Crippen LogP contribution in [0.4, 0.5) is 0 Å². The average Bonchev–Trinajstić information content (AvgIpc) is 3.08. The standard InChI is InChI=1S/C18H26N4O3S2/c1-15-13-20-22(14-15)11-6-10-19-18(23)17(9-12-26-2)21-27(24,25)16-7-4-3-5-8-16/h3-5,7-8,13-14,17,21H,6,9-12H2,1-2H3,(H,19,23). The molecule has 2 N–H and O–H groups in total. The highest BCUT2D eigenvalue weighted by Gasteiger charge is 2.25. The highest BCUT2D eigenvalue weighted by molar-refractivity contribution is 7.98. The largest absolute Gasteiger partial charge is 0.355 e. The number of amides is 1. The fraction of sp³-hybridized carbons (Fsp3) is 0.444. The molecule has 7 nitrogen and oxygen atoms in total. The molecular formula is C18H26N4O3S2. The van der Waals surface area contributed by atoms with Crippen LogP contribution in [0.2, 0.25) is 0 Å². The Morgan fingerprint density at radius 1 is 1.30 bits per heavy atom. The molecule has 1 amide bonds. The monoisotopic (exact) mass is 410 g/mol. The van der Waals surface area contributed by atoms with Gasteiger partial charge in [0.15, 0.2) is 0 Å². The zero-order valence-corrected chi connectivity index (χ0v) is 17.2. The first-order valence-corrected chi connectivity index (χ1v) is 11.6. The zero-order chi connectivity index (χ0) is 19.7. The number of thioether (sulfide) groups is 1. The number of aromatic nitrogens is 2. The lowest BCUT2D eigenvalue weighted by atomic mass is 10.2. The van der Waals surface area contributed by atoms with Crippen molar-refractivity contribution < 1.29 is 13.2 Å². The van der Waals surface area contributed by atoms with Gasteiger partial charge >= 0.3 is 0 Å². The summed E-state index contributed by atoms with van der Waals surface area (Å²) in [5, 5.41) is 7.03. The molecule has 1 aromatic carbocycles. The molecule has 0 fully saturated rings. The molecule has 0 saturated heterocycles. The number of hydrogen-bond acceptors (Lipinski definition) is 5. The van der Waals surface area contributed by atoms with E-state index in [4.69, 9.17) is 0 Å². The fourth-order valence-electron chi connectivity index (χ4n) is 2.50. The topological polar surface area (TPSA) is 93.1 Å². The Morgan fingerprint density at radius 3 is 2.67 bits per heavy atom. The number of aryl methyl sites for hydroxylation is 2. The molecule has 1 aromatic heterocycles. The van der Waals surface area contributed by atoms with Gasteiger partial charge in [0.25, 0.3) is 0 Å². The lowest BCUT2D eigenvalue weighted by Gasteiger charge is -2.18. The van der Waals surface area contributed by atoms with Gasteiger partial charge in [0.2, 0.25) is 15.9 Å². The van der Waals surface area contributed by atoms with Crippen LogP contribution in [0.1, 0.15) is 18.4 Å². The Bertz CT molecular complexity index is 822. The fourth-order valence-corrected chi connectivity index (χ4v) is 4.22. The quantitative estimate of drug-likeness (QED) is 0.551. The van der Waals surface area contributed by atoms with Crippen molar-refractivity contribution in [2.45, 2.75) is 37.2 Å². The van der Waals surface area contributed by atoms with E-state index in [1.165, 1.54) is 12.1 Å². The highest BCUT2D eigenvalue weighted by Crippen LogP contribution is 2.10. The van der Waals surface area contributed by atoms with E-state index < -0.39 is 16.1 Å². The molecule has 0 radical (unpaired) electrons. The van der Waals surface area contributed by atoms with Crippen molar-refractivity contribution in [1.29, 1.82) is 0 Å². The molecule has 148 valence electrons. The molecule has 2 aromatic rings. The summed E-state index contributed by atoms with van der Waals surface area (Å²) in [6.45, 7) is 3.13. The van der Waals surface area contributed by atoms with Crippen LogP contribution < -0.4 is 10.0 Å². The number of carbonyl (C=O) groups is 1. The van der Waals surface area contributed by atoms with E-state index >= 15 is 0 Å². The minimum Gasteiger partial charge on any atom is -0.355 e. The van der Waals surface area contributed by atoms with E-state index in [9.17, 15) is 13.2 Å². The van der Waals surface area contributed by atoms with E-state index in [1.54, 1.807) is 36.2 Å². The third-order valence-electron chi connectivity index (χ3n) is 3.90. The molecule has 0 aliphatic rings. The lowest BCUT2D eigenvalue weighted by Crippen LogP contribution is -2.47. The van der Waals surface area contributed by atoms with Crippen molar-refractivity contribution in [2.24, 2.45) is 0 Å². The van der Waals surface area contributed by atoms with Crippen LogP contribution in [0, 0.1) is 6.92 Å². The summed E-state index contributed by atoms with van der Waals surface area (Å²) in [5.74, 6) is 0.377. The maximum atomic E-state index is 12.5. The Labute approximate surface area is 165 Å². The van der Waals surface area contributed by atoms with E-state index in [1.807, 2.05) is 24.1 Å². The molecule has 1 unspecified atom stereocenters. The maximum Gasteiger partial charge on any atom is 0.241 e. The number of hydrogen-bond donors (Lipinski definition) is 2. The first-order chi connectivity index (χ1) is 12.9. The Kier molecular flexibility index (Phi) is 8.33. The molecule has 27 heavy (non-hydrogen) atoms. The van der Waals surface area contributed by atoms with Crippen LogP contribution >= 0.6 is 11.8 Å². The van der Waals surface area contributed by atoms with Crippen molar-refractivity contribution in [3.8, 4) is 0 Å². The van der Waals surface area contributed by atoms with E-state index in [0.717, 1.165) is 5.56 Å². The van der Waals surface area contributed by atoms with Gasteiger partial charge in [-0.2, -0.15) is 21.6 Å². The number of sulfonamides is 1. The van der Waals surface area contributed by atoms with Crippen molar-refractivity contribution >= 4 is 27.7 Å². The number of carbonyl (C=O) groups excluding carboxylic acids is 1.